The summed E-state index contributed by atoms with van der Waals surface area (Å²) in [6, 6.07) is 13.1. The monoisotopic (exact) mass is 385 g/mol. The number of halogens is 1. The lowest BCUT2D eigenvalue weighted by Gasteiger charge is -2.10. The van der Waals surface area contributed by atoms with Gasteiger partial charge >= 0.3 is 0 Å². The van der Waals surface area contributed by atoms with E-state index in [1.165, 1.54) is 4.80 Å². The van der Waals surface area contributed by atoms with Crippen molar-refractivity contribution in [1.29, 1.82) is 0 Å². The average Bonchev–Trinajstić information content (AvgIpc) is 3.11. The third-order valence-corrected chi connectivity index (χ3v) is 4.24. The van der Waals surface area contributed by atoms with Gasteiger partial charge in [0.05, 0.1) is 7.11 Å². The van der Waals surface area contributed by atoms with Crippen molar-refractivity contribution in [2.45, 2.75) is 19.9 Å². The molecule has 0 saturated carbocycles. The second-order valence-electron chi connectivity index (χ2n) is 6.07. The largest absolute Gasteiger partial charge is 0.496 e. The molecule has 2 aromatic carbocycles. The summed E-state index contributed by atoms with van der Waals surface area (Å²) in [6.45, 7) is 2.53. The van der Waals surface area contributed by atoms with E-state index in [0.29, 0.717) is 23.8 Å². The van der Waals surface area contributed by atoms with Gasteiger partial charge in [-0.1, -0.05) is 29.3 Å². The predicted octanol–water partition coefficient (Wildman–Crippen LogP) is 2.67. The van der Waals surface area contributed by atoms with Crippen LogP contribution in [-0.2, 0) is 17.8 Å². The number of hydrogen-bond acceptors (Lipinski definition) is 5. The molecule has 140 valence electrons. The Labute approximate surface area is 162 Å². The van der Waals surface area contributed by atoms with E-state index in [0.717, 1.165) is 22.4 Å². The summed E-state index contributed by atoms with van der Waals surface area (Å²) in [5, 5.41) is 15.6. The molecule has 1 heterocycles. The first-order chi connectivity index (χ1) is 13.0. The Bertz CT molecular complexity index is 924. The van der Waals surface area contributed by atoms with Gasteiger partial charge < -0.3 is 10.1 Å². The zero-order valence-electron chi connectivity index (χ0n) is 15.1. The van der Waals surface area contributed by atoms with E-state index in [4.69, 9.17) is 16.3 Å². The number of amides is 1. The molecule has 0 radical (unpaired) electrons. The number of aryl methyl sites for hydroxylation is 1. The Morgan fingerprint density at radius 2 is 2.00 bits per heavy atom. The molecule has 0 atom stereocenters. The van der Waals surface area contributed by atoms with Gasteiger partial charge in [0, 0.05) is 17.1 Å². The molecule has 0 unspecified atom stereocenters. The van der Waals surface area contributed by atoms with Crippen LogP contribution < -0.4 is 10.1 Å². The van der Waals surface area contributed by atoms with Crippen molar-refractivity contribution >= 4 is 17.5 Å². The molecule has 7 nitrogen and oxygen atoms in total. The maximum absolute atomic E-state index is 12.1. The van der Waals surface area contributed by atoms with Crippen LogP contribution in [0.4, 0.5) is 0 Å². The highest BCUT2D eigenvalue weighted by molar-refractivity contribution is 6.30. The minimum atomic E-state index is -0.179. The Kier molecular flexibility index (Phi) is 6.03. The lowest BCUT2D eigenvalue weighted by atomic mass is 10.1. The maximum Gasteiger partial charge on any atom is 0.243 e. The summed E-state index contributed by atoms with van der Waals surface area (Å²) >= 11 is 5.87. The number of ether oxygens (including phenoxy) is 1. The minimum absolute atomic E-state index is 0.00550. The van der Waals surface area contributed by atoms with Gasteiger partial charge in [0.1, 0.15) is 12.3 Å². The fourth-order valence-corrected chi connectivity index (χ4v) is 2.77. The number of nitrogens with zero attached hydrogens (tertiary/aromatic N) is 4. The van der Waals surface area contributed by atoms with E-state index in [1.807, 2.05) is 19.1 Å². The molecular formula is C19H20ClN5O2. The second kappa shape index (κ2) is 8.64. The number of methoxy groups -OCH3 is 1. The van der Waals surface area contributed by atoms with E-state index >= 15 is 0 Å². The summed E-state index contributed by atoms with van der Waals surface area (Å²) in [4.78, 5) is 13.4. The molecule has 0 spiro atoms. The first-order valence-corrected chi connectivity index (χ1v) is 8.87. The summed E-state index contributed by atoms with van der Waals surface area (Å²) in [5.41, 5.74) is 3.00. The van der Waals surface area contributed by atoms with Gasteiger partial charge in [0.25, 0.3) is 0 Å². The van der Waals surface area contributed by atoms with Crippen LogP contribution in [0.3, 0.4) is 0 Å². The molecule has 3 rings (SSSR count). The number of benzene rings is 2. The fraction of sp³-hybridized carbons (Fsp3) is 0.263. The normalized spacial score (nSPS) is 10.6. The average molecular weight is 386 g/mol. The van der Waals surface area contributed by atoms with Crippen molar-refractivity contribution in [2.75, 3.05) is 13.7 Å². The summed E-state index contributed by atoms with van der Waals surface area (Å²) < 4.78 is 5.35. The van der Waals surface area contributed by atoms with Crippen LogP contribution in [0.15, 0.2) is 42.5 Å². The Morgan fingerprint density at radius 3 is 2.74 bits per heavy atom. The lowest BCUT2D eigenvalue weighted by molar-refractivity contribution is -0.122. The molecule has 0 bridgehead atoms. The van der Waals surface area contributed by atoms with Gasteiger partial charge in [-0.25, -0.2) is 0 Å². The summed E-state index contributed by atoms with van der Waals surface area (Å²) in [6.07, 6.45) is 0.678. The number of rotatable bonds is 7. The van der Waals surface area contributed by atoms with E-state index in [9.17, 15) is 4.79 Å². The van der Waals surface area contributed by atoms with Crippen molar-refractivity contribution in [3.8, 4) is 17.1 Å². The molecule has 1 aromatic heterocycles. The number of carbonyl (C=O) groups excluding carboxylic acids is 1. The molecular weight excluding hydrogens is 366 g/mol. The van der Waals surface area contributed by atoms with Gasteiger partial charge in [-0.3, -0.25) is 4.79 Å². The number of tetrazole rings is 1. The van der Waals surface area contributed by atoms with Gasteiger partial charge in [0.15, 0.2) is 0 Å². The molecule has 3 aromatic rings. The number of aromatic nitrogens is 4. The van der Waals surface area contributed by atoms with Gasteiger partial charge in [-0.2, -0.15) is 4.80 Å². The number of hydrogen-bond donors (Lipinski definition) is 1. The molecule has 1 amide bonds. The summed E-state index contributed by atoms with van der Waals surface area (Å²) in [5.74, 6) is 1.09. The SMILES string of the molecule is COc1ccc(C)cc1CCNC(=O)Cn1nnc(-c2ccc(Cl)cc2)n1. The molecule has 0 fully saturated rings. The molecule has 1 N–H and O–H groups in total. The smallest absolute Gasteiger partial charge is 0.243 e. The number of carbonyl (C=O) groups is 1. The first kappa shape index (κ1) is 18.8. The van der Waals surface area contributed by atoms with E-state index < -0.39 is 0 Å². The highest BCUT2D eigenvalue weighted by atomic mass is 35.5. The van der Waals surface area contributed by atoms with Gasteiger partial charge in [0.2, 0.25) is 11.7 Å². The third kappa shape index (κ3) is 5.04. The zero-order chi connectivity index (χ0) is 19.2. The lowest BCUT2D eigenvalue weighted by Crippen LogP contribution is -2.30. The number of nitrogens with one attached hydrogen (secondary N) is 1. The molecule has 0 aliphatic carbocycles. The summed E-state index contributed by atoms with van der Waals surface area (Å²) in [7, 11) is 1.64. The topological polar surface area (TPSA) is 81.9 Å². The molecule has 8 heteroatoms. The van der Waals surface area contributed by atoms with Crippen molar-refractivity contribution in [2.24, 2.45) is 0 Å². The fourth-order valence-electron chi connectivity index (χ4n) is 2.65. The Hall–Kier alpha value is -2.93. The van der Waals surface area contributed by atoms with Crippen LogP contribution in [0, 0.1) is 6.92 Å². The highest BCUT2D eigenvalue weighted by Crippen LogP contribution is 2.20. The maximum atomic E-state index is 12.1. The molecule has 27 heavy (non-hydrogen) atoms. The van der Waals surface area contributed by atoms with Gasteiger partial charge in [-0.15, -0.1) is 10.2 Å². The Morgan fingerprint density at radius 1 is 1.22 bits per heavy atom. The molecule has 0 saturated heterocycles. The van der Waals surface area contributed by atoms with Crippen LogP contribution in [0.2, 0.25) is 5.02 Å². The third-order valence-electron chi connectivity index (χ3n) is 3.99. The second-order valence-corrected chi connectivity index (χ2v) is 6.50. The van der Waals surface area contributed by atoms with Crippen LogP contribution in [0.5, 0.6) is 5.75 Å². The molecule has 0 aliphatic rings. The molecule has 0 aliphatic heterocycles. The van der Waals surface area contributed by atoms with Crippen LogP contribution in [0.25, 0.3) is 11.4 Å². The van der Waals surface area contributed by atoms with Gasteiger partial charge in [-0.05, 0) is 54.5 Å². The standard InChI is InChI=1S/C19H20ClN5O2/c1-13-3-8-17(27-2)15(11-13)9-10-21-18(26)12-25-23-19(22-24-25)14-4-6-16(20)7-5-14/h3-8,11H,9-10,12H2,1-2H3,(H,21,26). The van der Waals surface area contributed by atoms with Crippen molar-refractivity contribution in [3.63, 3.8) is 0 Å². The predicted molar refractivity (Wildman–Crippen MR) is 103 cm³/mol. The zero-order valence-corrected chi connectivity index (χ0v) is 15.9. The van der Waals surface area contributed by atoms with E-state index in [-0.39, 0.29) is 12.5 Å². The first-order valence-electron chi connectivity index (χ1n) is 8.49. The minimum Gasteiger partial charge on any atom is -0.496 e. The van der Waals surface area contributed by atoms with Crippen LogP contribution in [0.1, 0.15) is 11.1 Å². The van der Waals surface area contributed by atoms with Crippen molar-refractivity contribution < 1.29 is 9.53 Å². The van der Waals surface area contributed by atoms with Crippen molar-refractivity contribution in [1.82, 2.24) is 25.5 Å². The van der Waals surface area contributed by atoms with E-state index in [1.54, 1.807) is 31.4 Å². The quantitative estimate of drug-likeness (QED) is 0.676. The van der Waals surface area contributed by atoms with E-state index in [2.05, 4.69) is 26.8 Å². The van der Waals surface area contributed by atoms with Crippen LogP contribution >= 0.6 is 11.6 Å². The van der Waals surface area contributed by atoms with Crippen LogP contribution in [-0.4, -0.2) is 39.8 Å². The van der Waals surface area contributed by atoms with Crippen molar-refractivity contribution in [3.05, 3.63) is 58.6 Å². The highest BCUT2D eigenvalue weighted by Gasteiger charge is 2.10. The Balaban J connectivity index is 1.53.